The summed E-state index contributed by atoms with van der Waals surface area (Å²) < 4.78 is 11.6. The van der Waals surface area contributed by atoms with Crippen molar-refractivity contribution in [2.45, 2.75) is 99.3 Å². The molecule has 0 aliphatic heterocycles. The molecule has 0 unspecified atom stereocenters. The smallest absolute Gasteiger partial charge is 0.0421 e. The molecule has 2 heteroatoms. The van der Waals surface area contributed by atoms with E-state index < -0.39 is 0 Å². The third-order valence-corrected chi connectivity index (χ3v) is 13.0. The zero-order valence-corrected chi connectivity index (χ0v) is 37.1. The lowest BCUT2D eigenvalue weighted by Crippen LogP contribution is -2.14. The zero-order valence-electron chi connectivity index (χ0n) is 36.3. The van der Waals surface area contributed by atoms with Crippen molar-refractivity contribution in [2.75, 3.05) is 0 Å². The summed E-state index contributed by atoms with van der Waals surface area (Å²) in [5.41, 5.74) is 26.3. The van der Waals surface area contributed by atoms with E-state index in [4.69, 9.17) is 0 Å². The second-order valence-electron chi connectivity index (χ2n) is 17.5. The number of benzene rings is 7. The van der Waals surface area contributed by atoms with Crippen LogP contribution in [0.25, 0.3) is 44.5 Å². The molecule has 0 aliphatic carbocycles. The van der Waals surface area contributed by atoms with Crippen LogP contribution in [0.4, 0.5) is 0 Å². The summed E-state index contributed by atoms with van der Waals surface area (Å²) in [6, 6.07) is 44.9. The predicted molar refractivity (Wildman–Crippen MR) is 252 cm³/mol. The topological polar surface area (TPSA) is 20.2 Å². The van der Waals surface area contributed by atoms with Gasteiger partial charge in [-0.2, -0.15) is 0 Å². The van der Waals surface area contributed by atoms with E-state index in [1.807, 2.05) is 0 Å². The Morgan fingerprint density at radius 2 is 0.638 bits per heavy atom. The summed E-state index contributed by atoms with van der Waals surface area (Å²) in [6.45, 7) is 24.7. The van der Waals surface area contributed by atoms with Crippen molar-refractivity contribution in [1.29, 1.82) is 0 Å². The van der Waals surface area contributed by atoms with Crippen molar-refractivity contribution in [1.82, 2.24) is 0 Å². The summed E-state index contributed by atoms with van der Waals surface area (Å²) in [5.74, 6) is 0. The second-order valence-corrected chi connectivity index (χ2v) is 18.1. The summed E-state index contributed by atoms with van der Waals surface area (Å²) in [6.07, 6.45) is 1.35. The Kier molecular flexibility index (Phi) is 11.7. The second kappa shape index (κ2) is 16.6. The lowest BCUT2D eigenvalue weighted by Gasteiger charge is -2.26. The van der Waals surface area contributed by atoms with Crippen LogP contribution in [0.3, 0.4) is 0 Å². The van der Waals surface area contributed by atoms with E-state index in [0.717, 1.165) is 28.1 Å². The van der Waals surface area contributed by atoms with Gasteiger partial charge in [0.25, 0.3) is 0 Å². The minimum absolute atomic E-state index is 0.120. The van der Waals surface area contributed by atoms with Gasteiger partial charge in [-0.25, -0.2) is 0 Å². The number of hydrogen-bond acceptors (Lipinski definition) is 2. The van der Waals surface area contributed by atoms with Gasteiger partial charge in [-0.05, 0) is 190 Å². The first-order valence-electron chi connectivity index (χ1n) is 20.7. The quantitative estimate of drug-likeness (QED) is 0.147. The summed E-state index contributed by atoms with van der Waals surface area (Å²) in [5, 5.41) is 0. The monoisotopic (exact) mass is 778 g/mol. The Morgan fingerprint density at radius 3 is 0.862 bits per heavy atom. The Bertz CT molecular complexity index is 2280. The maximum Gasteiger partial charge on any atom is 0.0421 e. The highest BCUT2D eigenvalue weighted by atomic mass is 32.2. The highest BCUT2D eigenvalue weighted by Crippen LogP contribution is 2.44. The van der Waals surface area contributed by atoms with Crippen molar-refractivity contribution < 1.29 is 4.55 Å². The molecule has 0 aliphatic rings. The van der Waals surface area contributed by atoms with Gasteiger partial charge in [-0.1, -0.05) is 142 Å². The molecule has 0 bridgehead atoms. The zero-order chi connectivity index (χ0) is 41.5. The van der Waals surface area contributed by atoms with E-state index in [1.165, 1.54) is 106 Å². The molecule has 0 amide bonds. The number of rotatable bonds is 9. The molecule has 0 saturated heterocycles. The molecule has 58 heavy (non-hydrogen) atoms. The highest BCUT2D eigenvalue weighted by molar-refractivity contribution is 7.93. The molecule has 7 rings (SSSR count). The van der Waals surface area contributed by atoms with Crippen LogP contribution in [-0.4, -0.2) is 4.55 Å². The van der Waals surface area contributed by atoms with Gasteiger partial charge in [-0.3, -0.25) is 0 Å². The molecule has 0 saturated carbocycles. The van der Waals surface area contributed by atoms with Crippen molar-refractivity contribution in [2.24, 2.45) is 0 Å². The molecule has 0 fully saturated rings. The maximum absolute atomic E-state index is 11.6. The van der Waals surface area contributed by atoms with Crippen LogP contribution < -0.4 is 0 Å². The summed E-state index contributed by atoms with van der Waals surface area (Å²) in [4.78, 5) is 0.945. The maximum atomic E-state index is 11.6. The van der Waals surface area contributed by atoms with Gasteiger partial charge in [0.05, 0.1) is 0 Å². The molecule has 0 aromatic heterocycles. The van der Waals surface area contributed by atoms with Gasteiger partial charge in [-0.15, -0.1) is 0 Å². The molecule has 1 N–H and O–H groups in total. The minimum Gasteiger partial charge on any atom is -0.325 e. The molecule has 1 nitrogen and oxygen atoms in total. The van der Waals surface area contributed by atoms with E-state index in [9.17, 15) is 4.55 Å². The first-order valence-corrected chi connectivity index (χ1v) is 21.4. The third-order valence-electron chi connectivity index (χ3n) is 12.3. The van der Waals surface area contributed by atoms with E-state index in [1.54, 1.807) is 0 Å². The Hall–Kier alpha value is -5.15. The molecule has 0 radical (unpaired) electrons. The first kappa shape index (κ1) is 41.0. The fraction of sp³-hybridized carbons (Fsp3) is 0.250. The van der Waals surface area contributed by atoms with Crippen LogP contribution in [0.5, 0.6) is 0 Å². The Balaban J connectivity index is 1.52. The predicted octanol–water partition coefficient (Wildman–Crippen LogP) is 15.9. The highest BCUT2D eigenvalue weighted by Gasteiger charge is 2.25. The molecule has 7 aromatic rings. The average molecular weight is 779 g/mol. The van der Waals surface area contributed by atoms with Gasteiger partial charge in [0.1, 0.15) is 0 Å². The van der Waals surface area contributed by atoms with Gasteiger partial charge >= 0.3 is 0 Å². The number of hydrogen-bond donors (Lipinski definition) is 1. The molecule has 294 valence electrons. The summed E-state index contributed by atoms with van der Waals surface area (Å²) in [7, 11) is 0. The first-order chi connectivity index (χ1) is 27.7. The van der Waals surface area contributed by atoms with Crippen LogP contribution >= 0.6 is 12.0 Å². The molecule has 7 aromatic carbocycles. The van der Waals surface area contributed by atoms with Gasteiger partial charge < -0.3 is 4.55 Å². The normalized spacial score (nSPS) is 11.7. The van der Waals surface area contributed by atoms with E-state index in [2.05, 4.69) is 197 Å². The summed E-state index contributed by atoms with van der Waals surface area (Å²) >= 11 is 0.912. The molecule has 0 atom stereocenters. The van der Waals surface area contributed by atoms with Crippen molar-refractivity contribution in [3.8, 4) is 44.5 Å². The van der Waals surface area contributed by atoms with E-state index >= 15 is 0 Å². The Labute approximate surface area is 352 Å². The average Bonchev–Trinajstić information content (AvgIpc) is 3.16. The SMILES string of the molecule is Cc1cccc(C)c1-c1cccc(-c2c(C)cccc2C)c1Cc1cc(C(C)(C)C)cc(Cc2c(-c3c(C)cccc3C)cccc2-c2c(C)cccc2C)c1SO. The standard InChI is InChI=1S/C56H58OS/c1-34-18-12-19-35(2)51(34)45-26-16-27-46(52-36(3)20-13-21-37(52)4)49(45)32-42-30-44(56(9,10)11)31-43(55(42)58-57)33-50-47(53-38(5)22-14-23-39(53)6)28-17-29-48(50)54-40(7)24-15-25-41(54)8/h12-31,57H,32-33H2,1-11H3. The van der Waals surface area contributed by atoms with Crippen LogP contribution in [0.15, 0.2) is 126 Å². The van der Waals surface area contributed by atoms with Crippen molar-refractivity contribution in [3.05, 3.63) is 194 Å². The van der Waals surface area contributed by atoms with Crippen LogP contribution in [0, 0.1) is 55.4 Å². The van der Waals surface area contributed by atoms with Crippen molar-refractivity contribution >= 4 is 12.0 Å². The lowest BCUT2D eigenvalue weighted by atomic mass is 9.79. The number of aryl methyl sites for hydroxylation is 8. The van der Waals surface area contributed by atoms with Crippen LogP contribution in [0.2, 0.25) is 0 Å². The molecule has 0 spiro atoms. The molecule has 0 heterocycles. The third kappa shape index (κ3) is 7.85. The van der Waals surface area contributed by atoms with Crippen LogP contribution in [0.1, 0.15) is 93.1 Å². The fourth-order valence-electron chi connectivity index (χ4n) is 9.40. The van der Waals surface area contributed by atoms with Crippen LogP contribution in [-0.2, 0) is 18.3 Å². The molecular weight excluding hydrogens is 721 g/mol. The fourth-order valence-corrected chi connectivity index (χ4v) is 9.89. The molecular formula is C56H58OS. The minimum atomic E-state index is -0.120. The van der Waals surface area contributed by atoms with E-state index in [0.29, 0.717) is 12.8 Å². The Morgan fingerprint density at radius 1 is 0.397 bits per heavy atom. The largest absolute Gasteiger partial charge is 0.325 e. The lowest BCUT2D eigenvalue weighted by molar-refractivity contribution is 0.587. The van der Waals surface area contributed by atoms with Gasteiger partial charge in [0.2, 0.25) is 0 Å². The van der Waals surface area contributed by atoms with Gasteiger partial charge in [0, 0.05) is 16.9 Å². The van der Waals surface area contributed by atoms with Gasteiger partial charge in [0.15, 0.2) is 0 Å². The van der Waals surface area contributed by atoms with Crippen molar-refractivity contribution in [3.63, 3.8) is 0 Å². The van der Waals surface area contributed by atoms with E-state index in [-0.39, 0.29) is 5.41 Å².